The largest absolute Gasteiger partial charge is 0.317 e. The number of rotatable bonds is 4. The van der Waals surface area contributed by atoms with Crippen molar-refractivity contribution in [1.82, 2.24) is 14.6 Å². The Kier molecular flexibility index (Phi) is 4.56. The minimum atomic E-state index is -0.360. The highest BCUT2D eigenvalue weighted by Crippen LogP contribution is 2.18. The molecule has 1 N–H and O–H groups in total. The van der Waals surface area contributed by atoms with E-state index in [0.29, 0.717) is 34.0 Å². The molecule has 0 atom stereocenters. The molecule has 7 heteroatoms. The van der Waals surface area contributed by atoms with Crippen molar-refractivity contribution in [3.05, 3.63) is 93.6 Å². The third-order valence-electron chi connectivity index (χ3n) is 4.10. The Hall–Kier alpha value is -3.25. The number of hydrogen-bond donors (Lipinski definition) is 1. The van der Waals surface area contributed by atoms with Gasteiger partial charge in [0.25, 0.3) is 5.56 Å². The molecule has 0 aliphatic heterocycles. The van der Waals surface area contributed by atoms with Gasteiger partial charge in [-0.1, -0.05) is 23.7 Å². The Bertz CT molecular complexity index is 1160. The maximum atomic E-state index is 13.3. The second kappa shape index (κ2) is 7.17. The van der Waals surface area contributed by atoms with E-state index in [9.17, 15) is 9.18 Å². The van der Waals surface area contributed by atoms with Gasteiger partial charge < -0.3 is 5.43 Å². The third-order valence-corrected chi connectivity index (χ3v) is 4.35. The first-order valence-corrected chi connectivity index (χ1v) is 8.62. The minimum absolute atomic E-state index is 0.276. The van der Waals surface area contributed by atoms with Crippen molar-refractivity contribution < 1.29 is 4.39 Å². The van der Waals surface area contributed by atoms with Crippen LogP contribution in [0.15, 0.2) is 71.7 Å². The highest BCUT2D eigenvalue weighted by molar-refractivity contribution is 6.30. The molecule has 0 bridgehead atoms. The summed E-state index contributed by atoms with van der Waals surface area (Å²) in [7, 11) is 0. The minimum Gasteiger partial charge on any atom is -0.317 e. The number of halogens is 2. The summed E-state index contributed by atoms with van der Waals surface area (Å²) < 4.78 is 14.7. The standard InChI is InChI=1S/C20H14ClFN4O/c21-15-7-3-13(4-8-15)12-24-26-19(14-5-9-16(22)10-6-14)25-18-17(20(26)27)2-1-11-23-18/h1-11,24H,12H2. The summed E-state index contributed by atoms with van der Waals surface area (Å²) >= 11 is 5.91. The van der Waals surface area contributed by atoms with Gasteiger partial charge >= 0.3 is 0 Å². The van der Waals surface area contributed by atoms with Crippen LogP contribution in [0.5, 0.6) is 0 Å². The monoisotopic (exact) mass is 380 g/mol. The fourth-order valence-electron chi connectivity index (χ4n) is 2.73. The van der Waals surface area contributed by atoms with Crippen LogP contribution in [0.2, 0.25) is 5.02 Å². The first-order chi connectivity index (χ1) is 13.1. The highest BCUT2D eigenvalue weighted by Gasteiger charge is 2.13. The topological polar surface area (TPSA) is 59.8 Å². The molecule has 4 aromatic rings. The molecule has 0 aliphatic rings. The average molecular weight is 381 g/mol. The van der Waals surface area contributed by atoms with Crippen LogP contribution in [-0.2, 0) is 6.54 Å². The Balaban J connectivity index is 1.82. The van der Waals surface area contributed by atoms with Gasteiger partial charge in [-0.3, -0.25) is 4.79 Å². The fraction of sp³-hybridized carbons (Fsp3) is 0.0500. The Morgan fingerprint density at radius 1 is 1.04 bits per heavy atom. The second-order valence-corrected chi connectivity index (χ2v) is 6.36. The summed E-state index contributed by atoms with van der Waals surface area (Å²) in [6.07, 6.45) is 1.58. The lowest BCUT2D eigenvalue weighted by atomic mass is 10.2. The van der Waals surface area contributed by atoms with Gasteiger partial charge in [-0.05, 0) is 54.1 Å². The van der Waals surface area contributed by atoms with E-state index in [2.05, 4.69) is 15.4 Å². The SMILES string of the molecule is O=c1c2cccnc2nc(-c2ccc(F)cc2)n1NCc1ccc(Cl)cc1. The zero-order chi connectivity index (χ0) is 18.8. The van der Waals surface area contributed by atoms with E-state index in [0.717, 1.165) is 5.56 Å². The van der Waals surface area contributed by atoms with Crippen LogP contribution in [0.4, 0.5) is 4.39 Å². The Labute approximate surface area is 159 Å². The van der Waals surface area contributed by atoms with Crippen molar-refractivity contribution in [1.29, 1.82) is 0 Å². The Morgan fingerprint density at radius 2 is 1.78 bits per heavy atom. The van der Waals surface area contributed by atoms with E-state index >= 15 is 0 Å². The van der Waals surface area contributed by atoms with Crippen molar-refractivity contribution >= 4 is 22.6 Å². The van der Waals surface area contributed by atoms with E-state index in [1.54, 1.807) is 42.6 Å². The summed E-state index contributed by atoms with van der Waals surface area (Å²) in [4.78, 5) is 21.7. The van der Waals surface area contributed by atoms with Crippen LogP contribution in [0.3, 0.4) is 0 Å². The van der Waals surface area contributed by atoms with Crippen LogP contribution in [-0.4, -0.2) is 14.6 Å². The predicted molar refractivity (Wildman–Crippen MR) is 104 cm³/mol. The number of benzene rings is 2. The molecule has 0 spiro atoms. The van der Waals surface area contributed by atoms with E-state index in [1.165, 1.54) is 16.8 Å². The van der Waals surface area contributed by atoms with Crippen molar-refractivity contribution in [3.63, 3.8) is 0 Å². The number of pyridine rings is 1. The van der Waals surface area contributed by atoms with Crippen LogP contribution < -0.4 is 11.0 Å². The molecule has 27 heavy (non-hydrogen) atoms. The van der Waals surface area contributed by atoms with Gasteiger partial charge in [0.1, 0.15) is 5.82 Å². The average Bonchev–Trinajstić information content (AvgIpc) is 2.69. The lowest BCUT2D eigenvalue weighted by Crippen LogP contribution is -2.31. The normalized spacial score (nSPS) is 10.9. The summed E-state index contributed by atoms with van der Waals surface area (Å²) in [6.45, 7) is 0.388. The molecule has 0 radical (unpaired) electrons. The van der Waals surface area contributed by atoms with Crippen molar-refractivity contribution in [2.24, 2.45) is 0 Å². The van der Waals surface area contributed by atoms with Gasteiger partial charge in [0, 0.05) is 16.8 Å². The van der Waals surface area contributed by atoms with E-state index in [-0.39, 0.29) is 11.4 Å². The Morgan fingerprint density at radius 3 is 2.52 bits per heavy atom. The molecule has 2 aromatic heterocycles. The fourth-order valence-corrected chi connectivity index (χ4v) is 2.86. The lowest BCUT2D eigenvalue weighted by molar-refractivity contribution is 0.628. The van der Waals surface area contributed by atoms with Crippen LogP contribution in [0.25, 0.3) is 22.4 Å². The number of aromatic nitrogens is 3. The van der Waals surface area contributed by atoms with Crippen LogP contribution in [0.1, 0.15) is 5.56 Å². The van der Waals surface area contributed by atoms with Gasteiger partial charge in [0.2, 0.25) is 0 Å². The smallest absolute Gasteiger partial charge is 0.281 e. The first kappa shape index (κ1) is 17.2. The van der Waals surface area contributed by atoms with Gasteiger partial charge in [-0.15, -0.1) is 0 Å². The molecule has 4 rings (SSSR count). The van der Waals surface area contributed by atoms with Crippen molar-refractivity contribution in [2.75, 3.05) is 5.43 Å². The van der Waals surface area contributed by atoms with E-state index in [1.807, 2.05) is 12.1 Å². The number of hydrogen-bond acceptors (Lipinski definition) is 4. The van der Waals surface area contributed by atoms with E-state index < -0.39 is 0 Å². The number of nitrogens with zero attached hydrogens (tertiary/aromatic N) is 3. The number of nitrogens with one attached hydrogen (secondary N) is 1. The molecule has 0 unspecified atom stereocenters. The summed E-state index contributed by atoms with van der Waals surface area (Å²) in [5, 5.41) is 1.04. The molecule has 2 heterocycles. The molecule has 0 saturated heterocycles. The lowest BCUT2D eigenvalue weighted by Gasteiger charge is -2.15. The zero-order valence-corrected chi connectivity index (χ0v) is 14.8. The summed E-state index contributed by atoms with van der Waals surface area (Å²) in [5.74, 6) is 0.000785. The van der Waals surface area contributed by atoms with Crippen LogP contribution >= 0.6 is 11.6 Å². The second-order valence-electron chi connectivity index (χ2n) is 5.92. The maximum absolute atomic E-state index is 13.3. The van der Waals surface area contributed by atoms with Gasteiger partial charge in [-0.25, -0.2) is 19.0 Å². The van der Waals surface area contributed by atoms with Crippen molar-refractivity contribution in [2.45, 2.75) is 6.54 Å². The summed E-state index contributed by atoms with van der Waals surface area (Å²) in [6, 6.07) is 16.5. The van der Waals surface area contributed by atoms with Gasteiger partial charge in [-0.2, -0.15) is 0 Å². The molecule has 5 nitrogen and oxygen atoms in total. The molecule has 0 aliphatic carbocycles. The molecule has 0 saturated carbocycles. The molecular weight excluding hydrogens is 367 g/mol. The molecule has 0 amide bonds. The zero-order valence-electron chi connectivity index (χ0n) is 14.1. The first-order valence-electron chi connectivity index (χ1n) is 8.24. The van der Waals surface area contributed by atoms with E-state index in [4.69, 9.17) is 11.6 Å². The molecule has 0 fully saturated rings. The predicted octanol–water partition coefficient (Wildman–Crippen LogP) is 3.99. The summed E-state index contributed by atoms with van der Waals surface area (Å²) in [5.41, 5.74) is 4.71. The molecular formula is C20H14ClFN4O. The highest BCUT2D eigenvalue weighted by atomic mass is 35.5. The quantitative estimate of drug-likeness (QED) is 0.581. The van der Waals surface area contributed by atoms with Gasteiger partial charge in [0.05, 0.1) is 11.9 Å². The number of fused-ring (bicyclic) bond motifs is 1. The third kappa shape index (κ3) is 3.52. The molecule has 134 valence electrons. The maximum Gasteiger partial charge on any atom is 0.281 e. The van der Waals surface area contributed by atoms with Gasteiger partial charge in [0.15, 0.2) is 11.5 Å². The van der Waals surface area contributed by atoms with Crippen molar-refractivity contribution in [3.8, 4) is 11.4 Å². The molecule has 2 aromatic carbocycles. The van der Waals surface area contributed by atoms with Crippen LogP contribution in [0, 0.1) is 5.82 Å².